The number of anilines is 4. The highest BCUT2D eigenvalue weighted by molar-refractivity contribution is 5.99. The number of hydrogen-bond donors (Lipinski definition) is 4. The molecule has 202 valence electrons. The van der Waals surface area contributed by atoms with E-state index in [2.05, 4.69) is 44.1 Å². The summed E-state index contributed by atoms with van der Waals surface area (Å²) in [4.78, 5) is 28.2. The molecular weight excluding hydrogens is 501 g/mol. The van der Waals surface area contributed by atoms with Gasteiger partial charge in [0.2, 0.25) is 17.7 Å². The number of ether oxygens (including phenoxy) is 1. The lowest BCUT2D eigenvalue weighted by Crippen LogP contribution is -2.44. The van der Waals surface area contributed by atoms with Gasteiger partial charge >= 0.3 is 0 Å². The van der Waals surface area contributed by atoms with Gasteiger partial charge in [0.05, 0.1) is 11.1 Å². The summed E-state index contributed by atoms with van der Waals surface area (Å²) in [6.07, 6.45) is 3.30. The van der Waals surface area contributed by atoms with Gasteiger partial charge in [0.15, 0.2) is 0 Å². The largest absolute Gasteiger partial charge is 0.438 e. The van der Waals surface area contributed by atoms with Gasteiger partial charge in [-0.05, 0) is 55.4 Å². The SMILES string of the molecule is C=CC(=O)Nc1cccc(Oc2nc(Nc3ccc(N4CCN(C)CC4)c(F)c3)nc3[nH]cc(CCO)c23)c1. The van der Waals surface area contributed by atoms with Crippen LogP contribution in [-0.2, 0) is 11.2 Å². The topological polar surface area (TPSA) is 119 Å². The molecule has 1 aliphatic rings. The second kappa shape index (κ2) is 11.5. The molecular formula is C28H30FN7O3. The van der Waals surface area contributed by atoms with Gasteiger partial charge in [-0.3, -0.25) is 4.79 Å². The van der Waals surface area contributed by atoms with Crippen molar-refractivity contribution in [1.29, 1.82) is 0 Å². The van der Waals surface area contributed by atoms with Gasteiger partial charge in [-0.1, -0.05) is 12.6 Å². The molecule has 0 radical (unpaired) electrons. The number of aliphatic hydroxyl groups is 1. The number of nitrogens with zero attached hydrogens (tertiary/aromatic N) is 4. The van der Waals surface area contributed by atoms with Gasteiger partial charge in [-0.2, -0.15) is 9.97 Å². The van der Waals surface area contributed by atoms with Crippen molar-refractivity contribution in [2.45, 2.75) is 6.42 Å². The molecule has 0 unspecified atom stereocenters. The van der Waals surface area contributed by atoms with Gasteiger partial charge in [0, 0.05) is 56.4 Å². The van der Waals surface area contributed by atoms with Gasteiger partial charge in [0.1, 0.15) is 17.2 Å². The van der Waals surface area contributed by atoms with E-state index in [4.69, 9.17) is 4.74 Å². The molecule has 0 aliphatic carbocycles. The lowest BCUT2D eigenvalue weighted by Gasteiger charge is -2.34. The summed E-state index contributed by atoms with van der Waals surface area (Å²) < 4.78 is 21.2. The van der Waals surface area contributed by atoms with Crippen molar-refractivity contribution in [2.75, 3.05) is 55.4 Å². The number of rotatable bonds is 9. The van der Waals surface area contributed by atoms with Crippen LogP contribution in [0, 0.1) is 5.82 Å². The number of halogens is 1. The van der Waals surface area contributed by atoms with Crippen LogP contribution in [0.3, 0.4) is 0 Å². The van der Waals surface area contributed by atoms with Crippen molar-refractivity contribution < 1.29 is 19.0 Å². The number of carbonyl (C=O) groups excluding carboxylic acids is 1. The lowest BCUT2D eigenvalue weighted by molar-refractivity contribution is -0.111. The number of hydrogen-bond acceptors (Lipinski definition) is 8. The van der Waals surface area contributed by atoms with E-state index < -0.39 is 0 Å². The number of amides is 1. The van der Waals surface area contributed by atoms with Crippen molar-refractivity contribution in [3.05, 3.63) is 72.7 Å². The van der Waals surface area contributed by atoms with Gasteiger partial charge in [-0.25, -0.2) is 4.39 Å². The molecule has 1 fully saturated rings. The molecule has 3 heterocycles. The second-order valence-electron chi connectivity index (χ2n) is 9.27. The quantitative estimate of drug-likeness (QED) is 0.239. The van der Waals surface area contributed by atoms with Crippen molar-refractivity contribution in [1.82, 2.24) is 19.9 Å². The molecule has 2 aromatic heterocycles. The van der Waals surface area contributed by atoms with Crippen LogP contribution in [0.1, 0.15) is 5.56 Å². The first-order chi connectivity index (χ1) is 18.9. The van der Waals surface area contributed by atoms with Crippen LogP contribution in [0.25, 0.3) is 11.0 Å². The Kier molecular flexibility index (Phi) is 7.71. The molecule has 4 N–H and O–H groups in total. The molecule has 39 heavy (non-hydrogen) atoms. The predicted molar refractivity (Wildman–Crippen MR) is 149 cm³/mol. The van der Waals surface area contributed by atoms with Crippen LogP contribution >= 0.6 is 0 Å². The predicted octanol–water partition coefficient (Wildman–Crippen LogP) is 4.04. The molecule has 0 spiro atoms. The van der Waals surface area contributed by atoms with E-state index in [0.717, 1.165) is 31.7 Å². The monoisotopic (exact) mass is 531 g/mol. The molecule has 5 rings (SSSR count). The number of aromatic nitrogens is 3. The van der Waals surface area contributed by atoms with Gasteiger partial charge < -0.3 is 35.3 Å². The summed E-state index contributed by atoms with van der Waals surface area (Å²) in [5.41, 5.74) is 2.87. The standard InChI is InChI=1S/C28H30FN7O3/c1-3-24(38)31-19-5-4-6-21(15-19)39-27-25-18(9-14-37)17-30-26(25)33-28(34-27)32-20-7-8-23(22(29)16-20)36-12-10-35(2)11-13-36/h3-8,15-17,37H,1,9-14H2,2H3,(H,31,38)(H2,30,32,33,34). The molecule has 1 aliphatic heterocycles. The number of piperazine rings is 1. The smallest absolute Gasteiger partial charge is 0.247 e. The maximum Gasteiger partial charge on any atom is 0.247 e. The van der Waals surface area contributed by atoms with Crippen molar-refractivity contribution in [3.63, 3.8) is 0 Å². The van der Waals surface area contributed by atoms with Crippen LogP contribution in [0.4, 0.5) is 27.4 Å². The molecule has 0 atom stereocenters. The van der Waals surface area contributed by atoms with E-state index in [-0.39, 0.29) is 30.2 Å². The number of H-pyrrole nitrogens is 1. The first-order valence-corrected chi connectivity index (χ1v) is 12.6. The zero-order valence-corrected chi connectivity index (χ0v) is 21.6. The number of aliphatic hydroxyl groups excluding tert-OH is 1. The summed E-state index contributed by atoms with van der Waals surface area (Å²) in [5, 5.41) is 15.9. The minimum absolute atomic E-state index is 0.0611. The average molecular weight is 532 g/mol. The van der Waals surface area contributed by atoms with Crippen molar-refractivity contribution in [2.24, 2.45) is 0 Å². The molecule has 1 amide bonds. The Hall–Kier alpha value is -4.48. The number of likely N-dealkylation sites (N-methyl/N-ethyl adjacent to an activating group) is 1. The summed E-state index contributed by atoms with van der Waals surface area (Å²) in [5.74, 6) is 0.212. The minimum atomic E-state index is -0.343. The molecule has 2 aromatic carbocycles. The number of aromatic amines is 1. The average Bonchev–Trinajstić information content (AvgIpc) is 3.33. The molecule has 10 nitrogen and oxygen atoms in total. The van der Waals surface area contributed by atoms with E-state index >= 15 is 4.39 Å². The molecule has 1 saturated heterocycles. The maximum absolute atomic E-state index is 15.1. The maximum atomic E-state index is 15.1. The summed E-state index contributed by atoms with van der Waals surface area (Å²) in [6.45, 7) is 6.70. The fourth-order valence-corrected chi connectivity index (χ4v) is 4.47. The number of nitrogens with one attached hydrogen (secondary N) is 3. The Morgan fingerprint density at radius 1 is 1.18 bits per heavy atom. The third-order valence-electron chi connectivity index (χ3n) is 6.51. The second-order valence-corrected chi connectivity index (χ2v) is 9.27. The number of fused-ring (bicyclic) bond motifs is 1. The number of benzene rings is 2. The van der Waals surface area contributed by atoms with Gasteiger partial charge in [0.25, 0.3) is 0 Å². The van der Waals surface area contributed by atoms with Crippen molar-refractivity contribution >= 4 is 40.0 Å². The summed E-state index contributed by atoms with van der Waals surface area (Å²) in [6, 6.07) is 11.8. The Labute approximate surface area is 225 Å². The summed E-state index contributed by atoms with van der Waals surface area (Å²) >= 11 is 0. The highest BCUT2D eigenvalue weighted by Crippen LogP contribution is 2.33. The van der Waals surface area contributed by atoms with E-state index in [9.17, 15) is 9.90 Å². The highest BCUT2D eigenvalue weighted by atomic mass is 19.1. The van der Waals surface area contributed by atoms with Crippen LogP contribution in [0.15, 0.2) is 61.3 Å². The van der Waals surface area contributed by atoms with Crippen molar-refractivity contribution in [3.8, 4) is 11.6 Å². The van der Waals surface area contributed by atoms with Crippen LogP contribution in [0.2, 0.25) is 0 Å². The fourth-order valence-electron chi connectivity index (χ4n) is 4.47. The third kappa shape index (κ3) is 6.00. The Morgan fingerprint density at radius 2 is 2.00 bits per heavy atom. The zero-order valence-electron chi connectivity index (χ0n) is 21.6. The first kappa shape index (κ1) is 26.1. The van der Waals surface area contributed by atoms with E-state index in [1.165, 1.54) is 12.1 Å². The highest BCUT2D eigenvalue weighted by Gasteiger charge is 2.19. The molecule has 0 saturated carbocycles. The minimum Gasteiger partial charge on any atom is -0.438 e. The molecule has 4 aromatic rings. The van der Waals surface area contributed by atoms with E-state index in [0.29, 0.717) is 40.3 Å². The normalized spacial score (nSPS) is 13.9. The number of carbonyl (C=O) groups is 1. The van der Waals surface area contributed by atoms with Crippen LogP contribution in [0.5, 0.6) is 11.6 Å². The van der Waals surface area contributed by atoms with Crippen LogP contribution < -0.4 is 20.3 Å². The first-order valence-electron chi connectivity index (χ1n) is 12.6. The van der Waals surface area contributed by atoms with Gasteiger partial charge in [-0.15, -0.1) is 0 Å². The van der Waals surface area contributed by atoms with Crippen LogP contribution in [-0.4, -0.2) is 70.7 Å². The Balaban J connectivity index is 1.43. The van der Waals surface area contributed by atoms with E-state index in [1.807, 2.05) is 4.90 Å². The van der Waals surface area contributed by atoms with E-state index in [1.54, 1.807) is 42.6 Å². The molecule has 11 heteroatoms. The Bertz CT molecular complexity index is 1500. The summed E-state index contributed by atoms with van der Waals surface area (Å²) in [7, 11) is 2.06. The lowest BCUT2D eigenvalue weighted by atomic mass is 10.2. The fraction of sp³-hybridized carbons (Fsp3) is 0.250. The third-order valence-corrected chi connectivity index (χ3v) is 6.51. The Morgan fingerprint density at radius 3 is 2.74 bits per heavy atom. The molecule has 0 bridgehead atoms. The zero-order chi connectivity index (χ0) is 27.4.